The fourth-order valence-corrected chi connectivity index (χ4v) is 3.50. The summed E-state index contributed by atoms with van der Waals surface area (Å²) in [6.07, 6.45) is 0. The average molecular weight is 408 g/mol. The van der Waals surface area contributed by atoms with E-state index in [4.69, 9.17) is 0 Å². The first kappa shape index (κ1) is 21.0. The van der Waals surface area contributed by atoms with E-state index in [2.05, 4.69) is 16.0 Å². The van der Waals surface area contributed by atoms with E-state index in [-0.39, 0.29) is 5.91 Å². The van der Waals surface area contributed by atoms with Crippen LogP contribution in [0.25, 0.3) is 0 Å². The number of aryl methyl sites for hydroxylation is 1. The number of rotatable bonds is 6. The summed E-state index contributed by atoms with van der Waals surface area (Å²) in [7, 11) is 0. The predicted molar refractivity (Wildman–Crippen MR) is 112 cm³/mol. The fraction of sp³-hybridized carbons (Fsp3) is 0.273. The minimum absolute atomic E-state index is 0.253. The van der Waals surface area contributed by atoms with Crippen LogP contribution in [0.3, 0.4) is 0 Å². The van der Waals surface area contributed by atoms with Gasteiger partial charge in [0, 0.05) is 17.8 Å². The highest BCUT2D eigenvalue weighted by Crippen LogP contribution is 2.30. The molecular weight excluding hydrogens is 384 g/mol. The number of nitrogens with one attached hydrogen (secondary N) is 3. The zero-order valence-electron chi connectivity index (χ0n) is 17.1. The monoisotopic (exact) mass is 408 g/mol. The maximum atomic E-state index is 13.0. The standard InChI is InChI=1S/C22H24N4O4/c1-4-23-19(28)15-9-7-10-16(12-15)24-18(27)13-26-20(29)22(3,25-21(26)30)17-11-6-5-8-14(17)2/h5-12H,4,13H2,1-3H3,(H,23,28)(H,24,27)(H,25,30). The van der Waals surface area contributed by atoms with Crippen molar-refractivity contribution < 1.29 is 19.2 Å². The number of urea groups is 1. The van der Waals surface area contributed by atoms with Crippen molar-refractivity contribution in [1.82, 2.24) is 15.5 Å². The van der Waals surface area contributed by atoms with Gasteiger partial charge in [-0.15, -0.1) is 0 Å². The summed E-state index contributed by atoms with van der Waals surface area (Å²) in [6.45, 7) is 5.35. The molecule has 2 aromatic carbocycles. The third-order valence-corrected chi connectivity index (χ3v) is 5.01. The third-order valence-electron chi connectivity index (χ3n) is 5.01. The number of anilines is 1. The van der Waals surface area contributed by atoms with Crippen LogP contribution in [0.5, 0.6) is 0 Å². The van der Waals surface area contributed by atoms with Crippen LogP contribution in [0.15, 0.2) is 48.5 Å². The molecule has 1 fully saturated rings. The van der Waals surface area contributed by atoms with Gasteiger partial charge < -0.3 is 16.0 Å². The van der Waals surface area contributed by atoms with Gasteiger partial charge in [0.1, 0.15) is 12.1 Å². The van der Waals surface area contributed by atoms with Crippen molar-refractivity contribution in [1.29, 1.82) is 0 Å². The van der Waals surface area contributed by atoms with E-state index in [0.717, 1.165) is 10.5 Å². The zero-order chi connectivity index (χ0) is 21.9. The van der Waals surface area contributed by atoms with Gasteiger partial charge in [0.15, 0.2) is 0 Å². The fourth-order valence-electron chi connectivity index (χ4n) is 3.50. The second kappa shape index (κ2) is 8.36. The van der Waals surface area contributed by atoms with Crippen molar-refractivity contribution in [2.45, 2.75) is 26.3 Å². The van der Waals surface area contributed by atoms with Crippen LogP contribution in [0.2, 0.25) is 0 Å². The summed E-state index contributed by atoms with van der Waals surface area (Å²) in [5.74, 6) is -1.29. The molecule has 30 heavy (non-hydrogen) atoms. The largest absolute Gasteiger partial charge is 0.352 e. The van der Waals surface area contributed by atoms with Crippen LogP contribution in [-0.4, -0.2) is 41.7 Å². The lowest BCUT2D eigenvalue weighted by Crippen LogP contribution is -2.42. The molecule has 8 nitrogen and oxygen atoms in total. The minimum atomic E-state index is -1.24. The van der Waals surface area contributed by atoms with Gasteiger partial charge in [-0.2, -0.15) is 0 Å². The molecule has 3 N–H and O–H groups in total. The lowest BCUT2D eigenvalue weighted by molar-refractivity contribution is -0.133. The molecule has 1 saturated heterocycles. The number of imide groups is 1. The molecule has 0 spiro atoms. The first-order chi connectivity index (χ1) is 14.3. The van der Waals surface area contributed by atoms with Crippen molar-refractivity contribution in [2.24, 2.45) is 0 Å². The van der Waals surface area contributed by atoms with Gasteiger partial charge in [0.05, 0.1) is 0 Å². The van der Waals surface area contributed by atoms with Crippen LogP contribution in [0.4, 0.5) is 10.5 Å². The van der Waals surface area contributed by atoms with Gasteiger partial charge >= 0.3 is 6.03 Å². The van der Waals surface area contributed by atoms with Gasteiger partial charge in [-0.05, 0) is 50.1 Å². The number of benzene rings is 2. The molecule has 1 aliphatic rings. The Hall–Kier alpha value is -3.68. The van der Waals surface area contributed by atoms with E-state index < -0.39 is 29.9 Å². The minimum Gasteiger partial charge on any atom is -0.352 e. The lowest BCUT2D eigenvalue weighted by Gasteiger charge is -2.24. The normalized spacial score (nSPS) is 18.2. The van der Waals surface area contributed by atoms with Crippen molar-refractivity contribution in [3.05, 3.63) is 65.2 Å². The molecular formula is C22H24N4O4. The highest BCUT2D eigenvalue weighted by molar-refractivity contribution is 6.10. The molecule has 0 bridgehead atoms. The number of carbonyl (C=O) groups excluding carboxylic acids is 4. The van der Waals surface area contributed by atoms with Gasteiger partial charge in [0.25, 0.3) is 11.8 Å². The molecule has 0 radical (unpaired) electrons. The highest BCUT2D eigenvalue weighted by Gasteiger charge is 2.49. The molecule has 2 aromatic rings. The molecule has 3 rings (SSSR count). The lowest BCUT2D eigenvalue weighted by atomic mass is 9.88. The van der Waals surface area contributed by atoms with E-state index in [1.165, 1.54) is 6.07 Å². The van der Waals surface area contributed by atoms with Crippen LogP contribution in [0, 0.1) is 6.92 Å². The summed E-state index contributed by atoms with van der Waals surface area (Å²) >= 11 is 0. The van der Waals surface area contributed by atoms with E-state index in [0.29, 0.717) is 23.4 Å². The van der Waals surface area contributed by atoms with Crippen LogP contribution in [-0.2, 0) is 15.1 Å². The molecule has 1 unspecified atom stereocenters. The van der Waals surface area contributed by atoms with Gasteiger partial charge in [0.2, 0.25) is 5.91 Å². The second-order valence-electron chi connectivity index (χ2n) is 7.25. The molecule has 8 heteroatoms. The Labute approximate surface area is 174 Å². The Bertz CT molecular complexity index is 1020. The van der Waals surface area contributed by atoms with E-state index in [9.17, 15) is 19.2 Å². The molecule has 156 valence electrons. The van der Waals surface area contributed by atoms with E-state index >= 15 is 0 Å². The van der Waals surface area contributed by atoms with Gasteiger partial charge in [-0.1, -0.05) is 30.3 Å². The summed E-state index contributed by atoms with van der Waals surface area (Å²) in [5, 5.41) is 8.02. The smallest absolute Gasteiger partial charge is 0.325 e. The van der Waals surface area contributed by atoms with Crippen molar-refractivity contribution in [3.63, 3.8) is 0 Å². The van der Waals surface area contributed by atoms with Gasteiger partial charge in [-0.25, -0.2) is 4.79 Å². The first-order valence-corrected chi connectivity index (χ1v) is 9.64. The second-order valence-corrected chi connectivity index (χ2v) is 7.25. The Morgan fingerprint density at radius 2 is 1.83 bits per heavy atom. The summed E-state index contributed by atoms with van der Waals surface area (Å²) in [6, 6.07) is 13.1. The number of nitrogens with zero attached hydrogens (tertiary/aromatic N) is 1. The quantitative estimate of drug-likeness (QED) is 0.637. The van der Waals surface area contributed by atoms with E-state index in [1.807, 2.05) is 26.0 Å². The Kier molecular flexibility index (Phi) is 5.86. The first-order valence-electron chi connectivity index (χ1n) is 9.64. The van der Waals surface area contributed by atoms with Crippen LogP contribution in [0.1, 0.15) is 35.3 Å². The highest BCUT2D eigenvalue weighted by atomic mass is 16.2. The van der Waals surface area contributed by atoms with Crippen molar-refractivity contribution >= 4 is 29.4 Å². The molecule has 1 aliphatic heterocycles. The maximum absolute atomic E-state index is 13.0. The third kappa shape index (κ3) is 4.03. The summed E-state index contributed by atoms with van der Waals surface area (Å²) in [4.78, 5) is 50.8. The summed E-state index contributed by atoms with van der Waals surface area (Å²) < 4.78 is 0. The van der Waals surface area contributed by atoms with Crippen molar-refractivity contribution in [2.75, 3.05) is 18.4 Å². The Morgan fingerprint density at radius 1 is 1.10 bits per heavy atom. The SMILES string of the molecule is CCNC(=O)c1cccc(NC(=O)CN2C(=O)NC(C)(c3ccccc3C)C2=O)c1. The Balaban J connectivity index is 1.72. The topological polar surface area (TPSA) is 108 Å². The van der Waals surface area contributed by atoms with E-state index in [1.54, 1.807) is 37.3 Å². The molecule has 1 atom stereocenters. The average Bonchev–Trinajstić information content (AvgIpc) is 2.92. The molecule has 1 heterocycles. The number of carbonyl (C=O) groups is 4. The molecule has 5 amide bonds. The van der Waals surface area contributed by atoms with Crippen LogP contribution < -0.4 is 16.0 Å². The maximum Gasteiger partial charge on any atom is 0.325 e. The molecule has 0 aliphatic carbocycles. The van der Waals surface area contributed by atoms with Crippen LogP contribution >= 0.6 is 0 Å². The summed E-state index contributed by atoms with van der Waals surface area (Å²) in [5.41, 5.74) is 1.11. The predicted octanol–water partition coefficient (Wildman–Crippen LogP) is 2.15. The zero-order valence-corrected chi connectivity index (χ0v) is 17.1. The number of hydrogen-bond acceptors (Lipinski definition) is 4. The molecule has 0 saturated carbocycles. The number of amides is 5. The van der Waals surface area contributed by atoms with Gasteiger partial charge in [-0.3, -0.25) is 19.3 Å². The number of hydrogen-bond donors (Lipinski definition) is 3. The Morgan fingerprint density at radius 3 is 2.53 bits per heavy atom. The molecule has 0 aromatic heterocycles. The van der Waals surface area contributed by atoms with Crippen molar-refractivity contribution in [3.8, 4) is 0 Å².